The molecule has 0 aliphatic carbocycles. The van der Waals surface area contributed by atoms with Crippen LogP contribution in [0.3, 0.4) is 0 Å². The molecule has 1 fully saturated rings. The normalized spacial score (nSPS) is 15.2. The van der Waals surface area contributed by atoms with Gasteiger partial charge in [-0.2, -0.15) is 0 Å². The average Bonchev–Trinajstić information content (AvgIpc) is 2.90. The Bertz CT molecular complexity index is 1220. The lowest BCUT2D eigenvalue weighted by Gasteiger charge is -2.36. The van der Waals surface area contributed by atoms with Gasteiger partial charge in [0.1, 0.15) is 6.61 Å². The molecule has 1 unspecified atom stereocenters. The number of nitrogens with one attached hydrogen (secondary N) is 1. The van der Waals surface area contributed by atoms with Crippen molar-refractivity contribution in [3.8, 4) is 11.5 Å². The second-order valence-electron chi connectivity index (χ2n) is 8.71. The number of benzene rings is 4. The smallest absolute Gasteiger partial charge is 0.161 e. The summed E-state index contributed by atoms with van der Waals surface area (Å²) in [5.41, 5.74) is 3.68. The van der Waals surface area contributed by atoms with E-state index in [2.05, 4.69) is 83.0 Å². The van der Waals surface area contributed by atoms with Crippen molar-refractivity contribution >= 4 is 10.8 Å². The Morgan fingerprint density at radius 3 is 2.24 bits per heavy atom. The standard InChI is InChI=1S/C30H32N2O2/c1-2-33-29-21-27(14-15-28(29)34-22-23-8-4-3-5-9-23)30(32-18-16-31-17-19-32)26-13-12-24-10-6-7-11-25(24)20-26/h3-15,20-21,30-31H,2,16-19,22H2,1H3. The van der Waals surface area contributed by atoms with Crippen molar-refractivity contribution in [2.75, 3.05) is 32.8 Å². The summed E-state index contributed by atoms with van der Waals surface area (Å²) in [6.07, 6.45) is 0. The molecule has 1 saturated heterocycles. The Labute approximate surface area is 202 Å². The number of hydrogen-bond acceptors (Lipinski definition) is 4. The summed E-state index contributed by atoms with van der Waals surface area (Å²) in [7, 11) is 0. The lowest BCUT2D eigenvalue weighted by molar-refractivity contribution is 0.197. The number of rotatable bonds is 8. The summed E-state index contributed by atoms with van der Waals surface area (Å²) in [5, 5.41) is 6.03. The maximum atomic E-state index is 6.17. The van der Waals surface area contributed by atoms with Crippen LogP contribution < -0.4 is 14.8 Å². The zero-order valence-corrected chi connectivity index (χ0v) is 19.7. The molecule has 4 nitrogen and oxygen atoms in total. The van der Waals surface area contributed by atoms with E-state index >= 15 is 0 Å². The summed E-state index contributed by atoms with van der Waals surface area (Å²) in [4.78, 5) is 2.57. The van der Waals surface area contributed by atoms with Gasteiger partial charge < -0.3 is 14.8 Å². The highest BCUT2D eigenvalue weighted by molar-refractivity contribution is 5.83. The minimum absolute atomic E-state index is 0.161. The molecule has 0 amide bonds. The van der Waals surface area contributed by atoms with Crippen LogP contribution in [0.25, 0.3) is 10.8 Å². The summed E-state index contributed by atoms with van der Waals surface area (Å²) < 4.78 is 12.2. The van der Waals surface area contributed by atoms with Crippen LogP contribution in [0, 0.1) is 0 Å². The highest BCUT2D eigenvalue weighted by Gasteiger charge is 2.25. The Kier molecular flexibility index (Phi) is 7.08. The van der Waals surface area contributed by atoms with Crippen LogP contribution in [0.5, 0.6) is 11.5 Å². The molecule has 0 saturated carbocycles. The van der Waals surface area contributed by atoms with Gasteiger partial charge in [-0.3, -0.25) is 4.90 Å². The van der Waals surface area contributed by atoms with Gasteiger partial charge in [-0.15, -0.1) is 0 Å². The topological polar surface area (TPSA) is 33.7 Å². The Morgan fingerprint density at radius 2 is 1.44 bits per heavy atom. The van der Waals surface area contributed by atoms with Gasteiger partial charge >= 0.3 is 0 Å². The first-order chi connectivity index (χ1) is 16.8. The van der Waals surface area contributed by atoms with Gasteiger partial charge in [0.2, 0.25) is 0 Å². The highest BCUT2D eigenvalue weighted by atomic mass is 16.5. The van der Waals surface area contributed by atoms with E-state index in [9.17, 15) is 0 Å². The average molecular weight is 453 g/mol. The summed E-state index contributed by atoms with van der Waals surface area (Å²) >= 11 is 0. The fourth-order valence-corrected chi connectivity index (χ4v) is 4.75. The fourth-order valence-electron chi connectivity index (χ4n) is 4.75. The fraction of sp³-hybridized carbons (Fsp3) is 0.267. The van der Waals surface area contributed by atoms with E-state index in [0.29, 0.717) is 13.2 Å². The second-order valence-corrected chi connectivity index (χ2v) is 8.71. The van der Waals surface area contributed by atoms with Crippen molar-refractivity contribution in [3.63, 3.8) is 0 Å². The van der Waals surface area contributed by atoms with Crippen molar-refractivity contribution in [3.05, 3.63) is 108 Å². The molecule has 4 aromatic rings. The van der Waals surface area contributed by atoms with Gasteiger partial charge in [0, 0.05) is 26.2 Å². The van der Waals surface area contributed by atoms with Crippen LogP contribution in [-0.2, 0) is 6.61 Å². The van der Waals surface area contributed by atoms with Crippen molar-refractivity contribution in [1.29, 1.82) is 0 Å². The minimum atomic E-state index is 0.161. The van der Waals surface area contributed by atoms with Crippen LogP contribution >= 0.6 is 0 Å². The zero-order chi connectivity index (χ0) is 23.2. The molecular weight excluding hydrogens is 420 g/mol. The molecule has 1 atom stereocenters. The number of nitrogens with zero attached hydrogens (tertiary/aromatic N) is 1. The summed E-state index contributed by atoms with van der Waals surface area (Å²) in [5.74, 6) is 1.59. The predicted octanol–water partition coefficient (Wildman–Crippen LogP) is 5.81. The molecule has 1 aliphatic rings. The molecule has 1 heterocycles. The van der Waals surface area contributed by atoms with E-state index in [0.717, 1.165) is 43.2 Å². The first-order valence-electron chi connectivity index (χ1n) is 12.2. The largest absolute Gasteiger partial charge is 0.490 e. The highest BCUT2D eigenvalue weighted by Crippen LogP contribution is 2.37. The number of fused-ring (bicyclic) bond motifs is 1. The van der Waals surface area contributed by atoms with Gasteiger partial charge in [0.05, 0.1) is 12.6 Å². The monoisotopic (exact) mass is 452 g/mol. The number of piperazine rings is 1. The number of hydrogen-bond donors (Lipinski definition) is 1. The molecular formula is C30H32N2O2. The molecule has 0 aromatic heterocycles. The Balaban J connectivity index is 1.50. The maximum absolute atomic E-state index is 6.17. The SMILES string of the molecule is CCOc1cc(C(c2ccc3ccccc3c2)N2CCNCC2)ccc1OCc1ccccc1. The Morgan fingerprint density at radius 1 is 0.735 bits per heavy atom. The first kappa shape index (κ1) is 22.5. The van der Waals surface area contributed by atoms with Gasteiger partial charge in [-0.05, 0) is 52.6 Å². The van der Waals surface area contributed by atoms with Crippen molar-refractivity contribution in [2.45, 2.75) is 19.6 Å². The third-order valence-corrected chi connectivity index (χ3v) is 6.43. The minimum Gasteiger partial charge on any atom is -0.490 e. The van der Waals surface area contributed by atoms with Crippen molar-refractivity contribution < 1.29 is 9.47 Å². The molecule has 4 heteroatoms. The molecule has 4 aromatic carbocycles. The second kappa shape index (κ2) is 10.7. The van der Waals surface area contributed by atoms with Gasteiger partial charge in [-0.1, -0.05) is 72.8 Å². The predicted molar refractivity (Wildman–Crippen MR) is 139 cm³/mol. The van der Waals surface area contributed by atoms with E-state index in [1.807, 2.05) is 25.1 Å². The van der Waals surface area contributed by atoms with Crippen LogP contribution in [0.1, 0.15) is 29.7 Å². The maximum Gasteiger partial charge on any atom is 0.161 e. The molecule has 5 rings (SSSR count). The van der Waals surface area contributed by atoms with Gasteiger partial charge in [0.15, 0.2) is 11.5 Å². The molecule has 174 valence electrons. The van der Waals surface area contributed by atoms with E-state index in [1.54, 1.807) is 0 Å². The molecule has 1 N–H and O–H groups in total. The van der Waals surface area contributed by atoms with Crippen LogP contribution in [0.2, 0.25) is 0 Å². The lowest BCUT2D eigenvalue weighted by atomic mass is 9.94. The van der Waals surface area contributed by atoms with Crippen molar-refractivity contribution in [2.24, 2.45) is 0 Å². The van der Waals surface area contributed by atoms with Crippen LogP contribution in [0.4, 0.5) is 0 Å². The third kappa shape index (κ3) is 5.09. The van der Waals surface area contributed by atoms with Crippen molar-refractivity contribution in [1.82, 2.24) is 10.2 Å². The molecule has 0 spiro atoms. The van der Waals surface area contributed by atoms with Gasteiger partial charge in [0.25, 0.3) is 0 Å². The summed E-state index contributed by atoms with van der Waals surface area (Å²) in [6.45, 7) is 7.15. The molecule has 34 heavy (non-hydrogen) atoms. The van der Waals surface area contributed by atoms with E-state index in [-0.39, 0.29) is 6.04 Å². The van der Waals surface area contributed by atoms with E-state index in [4.69, 9.17) is 9.47 Å². The molecule has 0 bridgehead atoms. The van der Waals surface area contributed by atoms with E-state index in [1.165, 1.54) is 21.9 Å². The van der Waals surface area contributed by atoms with Crippen LogP contribution in [0.15, 0.2) is 91.0 Å². The third-order valence-electron chi connectivity index (χ3n) is 6.43. The lowest BCUT2D eigenvalue weighted by Crippen LogP contribution is -2.45. The van der Waals surface area contributed by atoms with Gasteiger partial charge in [-0.25, -0.2) is 0 Å². The van der Waals surface area contributed by atoms with Crippen LogP contribution in [-0.4, -0.2) is 37.7 Å². The number of ether oxygens (including phenoxy) is 2. The Hall–Kier alpha value is -3.34. The summed E-state index contributed by atoms with van der Waals surface area (Å²) in [6, 6.07) is 32.3. The first-order valence-corrected chi connectivity index (χ1v) is 12.2. The molecule has 0 radical (unpaired) electrons. The molecule has 1 aliphatic heterocycles. The van der Waals surface area contributed by atoms with E-state index < -0.39 is 0 Å². The zero-order valence-electron chi connectivity index (χ0n) is 19.7. The quantitative estimate of drug-likeness (QED) is 0.366.